The van der Waals surface area contributed by atoms with E-state index in [1.165, 1.54) is 0 Å². The van der Waals surface area contributed by atoms with Crippen LogP contribution < -0.4 is 5.32 Å². The zero-order valence-corrected chi connectivity index (χ0v) is 9.84. The number of amides is 1. The molecule has 1 N–H and O–H groups in total. The Morgan fingerprint density at radius 2 is 2.28 bits per heavy atom. The molecule has 18 heavy (non-hydrogen) atoms. The lowest BCUT2D eigenvalue weighted by atomic mass is 9.88. The Hall–Kier alpha value is -2.35. The standard InChI is InChI=1S/C13H12N2O3/c1-2-18-13(17)9(7-14)11-8-5-3-4-6-10(8)15-12(11)16/h3-6,9,11H,2H2,1H3,(H,15,16)/t9-,11-/m0/s1. The van der Waals surface area contributed by atoms with Gasteiger partial charge >= 0.3 is 5.97 Å². The maximum Gasteiger partial charge on any atom is 0.324 e. The minimum atomic E-state index is -1.10. The average molecular weight is 244 g/mol. The Balaban J connectivity index is 2.35. The molecule has 5 heteroatoms. The molecule has 0 aromatic heterocycles. The van der Waals surface area contributed by atoms with Crippen LogP contribution in [0.3, 0.4) is 0 Å². The topological polar surface area (TPSA) is 79.2 Å². The number of hydrogen-bond acceptors (Lipinski definition) is 4. The SMILES string of the molecule is CCOC(=O)[C@@H](C#N)[C@H]1C(=O)Nc2ccccc21. The number of para-hydroxylation sites is 1. The summed E-state index contributed by atoms with van der Waals surface area (Å²) in [5, 5.41) is 11.8. The third kappa shape index (κ3) is 1.93. The molecule has 0 aliphatic carbocycles. The van der Waals surface area contributed by atoms with Crippen molar-refractivity contribution in [3.05, 3.63) is 29.8 Å². The zero-order chi connectivity index (χ0) is 13.1. The summed E-state index contributed by atoms with van der Waals surface area (Å²) in [6.45, 7) is 1.85. The minimum absolute atomic E-state index is 0.187. The van der Waals surface area contributed by atoms with Gasteiger partial charge in [-0.25, -0.2) is 0 Å². The maximum absolute atomic E-state index is 11.9. The molecule has 1 heterocycles. The van der Waals surface area contributed by atoms with Gasteiger partial charge in [-0.15, -0.1) is 0 Å². The molecule has 2 atom stereocenters. The van der Waals surface area contributed by atoms with E-state index in [-0.39, 0.29) is 12.5 Å². The summed E-state index contributed by atoms with van der Waals surface area (Å²) >= 11 is 0. The molecule has 92 valence electrons. The fourth-order valence-electron chi connectivity index (χ4n) is 2.06. The molecule has 0 bridgehead atoms. The van der Waals surface area contributed by atoms with Crippen molar-refractivity contribution in [3.8, 4) is 6.07 Å². The third-order valence-corrected chi connectivity index (χ3v) is 2.85. The molecular weight excluding hydrogens is 232 g/mol. The predicted octanol–water partition coefficient (Wildman–Crippen LogP) is 1.43. The molecule has 0 unspecified atom stereocenters. The summed E-state index contributed by atoms with van der Waals surface area (Å²) in [6, 6.07) is 8.90. The number of benzene rings is 1. The second kappa shape index (κ2) is 4.88. The van der Waals surface area contributed by atoms with Crippen molar-refractivity contribution >= 4 is 17.6 Å². The number of ether oxygens (including phenoxy) is 1. The van der Waals surface area contributed by atoms with Crippen molar-refractivity contribution < 1.29 is 14.3 Å². The third-order valence-electron chi connectivity index (χ3n) is 2.85. The van der Waals surface area contributed by atoms with E-state index < -0.39 is 17.8 Å². The molecule has 0 spiro atoms. The Morgan fingerprint density at radius 3 is 2.94 bits per heavy atom. The lowest BCUT2D eigenvalue weighted by molar-refractivity contribution is -0.147. The van der Waals surface area contributed by atoms with Gasteiger partial charge in [-0.3, -0.25) is 9.59 Å². The van der Waals surface area contributed by atoms with Gasteiger partial charge in [0, 0.05) is 5.69 Å². The lowest BCUT2D eigenvalue weighted by Gasteiger charge is -2.13. The van der Waals surface area contributed by atoms with Crippen LogP contribution in [0.15, 0.2) is 24.3 Å². The number of carbonyl (C=O) groups excluding carboxylic acids is 2. The van der Waals surface area contributed by atoms with Gasteiger partial charge < -0.3 is 10.1 Å². The van der Waals surface area contributed by atoms with Crippen LogP contribution in [0.1, 0.15) is 18.4 Å². The van der Waals surface area contributed by atoms with Crippen molar-refractivity contribution in [1.29, 1.82) is 5.26 Å². The normalized spacial score (nSPS) is 18.4. The molecule has 0 radical (unpaired) electrons. The highest BCUT2D eigenvalue weighted by Gasteiger charge is 2.41. The summed E-state index contributed by atoms with van der Waals surface area (Å²) in [6.07, 6.45) is 0. The van der Waals surface area contributed by atoms with Crippen molar-refractivity contribution in [1.82, 2.24) is 0 Å². The fraction of sp³-hybridized carbons (Fsp3) is 0.308. The summed E-state index contributed by atoms with van der Waals surface area (Å²) < 4.78 is 4.83. The molecule has 1 aliphatic heterocycles. The second-order valence-electron chi connectivity index (χ2n) is 3.91. The van der Waals surface area contributed by atoms with Gasteiger partial charge in [0.25, 0.3) is 0 Å². The van der Waals surface area contributed by atoms with Gasteiger partial charge in [-0.1, -0.05) is 18.2 Å². The van der Waals surface area contributed by atoms with Gasteiger partial charge in [-0.05, 0) is 18.6 Å². The van der Waals surface area contributed by atoms with E-state index in [4.69, 9.17) is 10.00 Å². The van der Waals surface area contributed by atoms with Crippen LogP contribution in [0.2, 0.25) is 0 Å². The van der Waals surface area contributed by atoms with E-state index in [1.807, 2.05) is 6.07 Å². The number of carbonyl (C=O) groups is 2. The predicted molar refractivity (Wildman–Crippen MR) is 63.5 cm³/mol. The van der Waals surface area contributed by atoms with Gasteiger partial charge in [0.2, 0.25) is 5.91 Å². The molecule has 0 saturated heterocycles. The number of rotatable bonds is 3. The molecule has 5 nitrogen and oxygen atoms in total. The van der Waals surface area contributed by atoms with Crippen molar-refractivity contribution in [2.45, 2.75) is 12.8 Å². The number of esters is 1. The Morgan fingerprint density at radius 1 is 1.56 bits per heavy atom. The van der Waals surface area contributed by atoms with Gasteiger partial charge in [0.1, 0.15) is 0 Å². The first-order valence-electron chi connectivity index (χ1n) is 5.65. The molecule has 0 fully saturated rings. The number of nitrogens with one attached hydrogen (secondary N) is 1. The Labute approximate surface area is 104 Å². The first-order valence-corrected chi connectivity index (χ1v) is 5.65. The highest BCUT2D eigenvalue weighted by molar-refractivity contribution is 6.05. The number of nitrogens with zero attached hydrogens (tertiary/aromatic N) is 1. The number of fused-ring (bicyclic) bond motifs is 1. The number of anilines is 1. The maximum atomic E-state index is 11.9. The number of hydrogen-bond donors (Lipinski definition) is 1. The van der Waals surface area contributed by atoms with E-state index in [0.717, 1.165) is 0 Å². The van der Waals surface area contributed by atoms with Crippen LogP contribution in [0.4, 0.5) is 5.69 Å². The van der Waals surface area contributed by atoms with E-state index in [9.17, 15) is 9.59 Å². The smallest absolute Gasteiger partial charge is 0.324 e. The highest BCUT2D eigenvalue weighted by atomic mass is 16.5. The molecule has 1 aromatic carbocycles. The van der Waals surface area contributed by atoms with Gasteiger partial charge in [-0.2, -0.15) is 5.26 Å². The second-order valence-corrected chi connectivity index (χ2v) is 3.91. The van der Waals surface area contributed by atoms with Crippen LogP contribution in [0, 0.1) is 17.2 Å². The molecule has 0 saturated carbocycles. The van der Waals surface area contributed by atoms with Gasteiger partial charge in [0.15, 0.2) is 5.92 Å². The van der Waals surface area contributed by atoms with E-state index >= 15 is 0 Å². The highest BCUT2D eigenvalue weighted by Crippen LogP contribution is 2.37. The number of nitriles is 1. The van der Waals surface area contributed by atoms with E-state index in [2.05, 4.69) is 5.32 Å². The largest absolute Gasteiger partial charge is 0.465 e. The fourth-order valence-corrected chi connectivity index (χ4v) is 2.06. The van der Waals surface area contributed by atoms with Crippen LogP contribution in [-0.4, -0.2) is 18.5 Å². The summed E-state index contributed by atoms with van der Waals surface area (Å²) in [5.74, 6) is -2.88. The van der Waals surface area contributed by atoms with E-state index in [1.54, 1.807) is 31.2 Å². The van der Waals surface area contributed by atoms with Crippen molar-refractivity contribution in [3.63, 3.8) is 0 Å². The van der Waals surface area contributed by atoms with Gasteiger partial charge in [0.05, 0.1) is 18.6 Å². The molecular formula is C13H12N2O3. The minimum Gasteiger partial charge on any atom is -0.465 e. The summed E-state index contributed by atoms with van der Waals surface area (Å²) in [5.41, 5.74) is 1.32. The monoisotopic (exact) mass is 244 g/mol. The lowest BCUT2D eigenvalue weighted by Crippen LogP contribution is -2.27. The van der Waals surface area contributed by atoms with Crippen LogP contribution in [-0.2, 0) is 14.3 Å². The van der Waals surface area contributed by atoms with Crippen molar-refractivity contribution in [2.24, 2.45) is 5.92 Å². The average Bonchev–Trinajstić information content (AvgIpc) is 2.68. The zero-order valence-electron chi connectivity index (χ0n) is 9.84. The molecule has 1 amide bonds. The Kier molecular flexibility index (Phi) is 3.28. The quantitative estimate of drug-likeness (QED) is 0.815. The molecule has 1 aromatic rings. The van der Waals surface area contributed by atoms with Crippen LogP contribution in [0.5, 0.6) is 0 Å². The van der Waals surface area contributed by atoms with E-state index in [0.29, 0.717) is 11.3 Å². The Bertz CT molecular complexity index is 533. The molecule has 1 aliphatic rings. The first-order chi connectivity index (χ1) is 8.69. The van der Waals surface area contributed by atoms with Crippen LogP contribution >= 0.6 is 0 Å². The van der Waals surface area contributed by atoms with Crippen LogP contribution in [0.25, 0.3) is 0 Å². The summed E-state index contributed by atoms with van der Waals surface area (Å²) in [7, 11) is 0. The first kappa shape index (κ1) is 12.1. The summed E-state index contributed by atoms with van der Waals surface area (Å²) in [4.78, 5) is 23.6. The van der Waals surface area contributed by atoms with Crippen molar-refractivity contribution in [2.75, 3.05) is 11.9 Å². The molecule has 2 rings (SSSR count).